The predicted molar refractivity (Wildman–Crippen MR) is 88.0 cm³/mol. The van der Waals surface area contributed by atoms with E-state index in [1.165, 1.54) is 5.56 Å². The second-order valence-electron chi connectivity index (χ2n) is 6.05. The molecule has 21 heavy (non-hydrogen) atoms. The molecule has 0 atom stereocenters. The molecule has 1 aromatic carbocycles. The van der Waals surface area contributed by atoms with E-state index in [1.54, 1.807) is 0 Å². The first-order chi connectivity index (χ1) is 10.1. The number of fused-ring (bicyclic) bond motifs is 1. The summed E-state index contributed by atoms with van der Waals surface area (Å²) in [6.45, 7) is 7.10. The van der Waals surface area contributed by atoms with Gasteiger partial charge < -0.3 is 15.5 Å². The Hall–Kier alpha value is -1.55. The molecule has 116 valence electrons. The van der Waals surface area contributed by atoms with E-state index in [4.69, 9.17) is 0 Å². The van der Waals surface area contributed by atoms with Gasteiger partial charge in [0.25, 0.3) is 5.91 Å². The van der Waals surface area contributed by atoms with Crippen LogP contribution < -0.4 is 10.6 Å². The van der Waals surface area contributed by atoms with Crippen LogP contribution >= 0.6 is 0 Å². The number of amides is 1. The topological polar surface area (TPSA) is 44.4 Å². The zero-order valence-corrected chi connectivity index (χ0v) is 13.4. The first-order valence-electron chi connectivity index (χ1n) is 7.94. The predicted octanol–water partition coefficient (Wildman–Crippen LogP) is 2.50. The van der Waals surface area contributed by atoms with Crippen LogP contribution in [-0.2, 0) is 6.42 Å². The molecule has 1 heterocycles. The number of carbonyl (C=O) groups is 1. The summed E-state index contributed by atoms with van der Waals surface area (Å²) in [6, 6.07) is 6.50. The minimum absolute atomic E-state index is 0.0581. The van der Waals surface area contributed by atoms with E-state index in [2.05, 4.69) is 42.5 Å². The van der Waals surface area contributed by atoms with Gasteiger partial charge in [-0.15, -0.1) is 0 Å². The molecule has 0 spiro atoms. The van der Waals surface area contributed by atoms with Crippen molar-refractivity contribution in [3.05, 3.63) is 29.3 Å². The van der Waals surface area contributed by atoms with Crippen molar-refractivity contribution in [1.82, 2.24) is 10.2 Å². The third-order valence-corrected chi connectivity index (χ3v) is 4.19. The quantitative estimate of drug-likeness (QED) is 0.791. The molecular weight excluding hydrogens is 262 g/mol. The van der Waals surface area contributed by atoms with Gasteiger partial charge in [-0.1, -0.05) is 6.07 Å². The second-order valence-corrected chi connectivity index (χ2v) is 6.05. The van der Waals surface area contributed by atoms with Gasteiger partial charge in [0.05, 0.1) is 0 Å². The van der Waals surface area contributed by atoms with Gasteiger partial charge in [0.15, 0.2) is 0 Å². The van der Waals surface area contributed by atoms with E-state index in [1.807, 2.05) is 12.1 Å². The van der Waals surface area contributed by atoms with Crippen molar-refractivity contribution in [3.63, 3.8) is 0 Å². The van der Waals surface area contributed by atoms with E-state index < -0.39 is 0 Å². The fraction of sp³-hybridized carbons (Fsp3) is 0.588. The maximum absolute atomic E-state index is 12.3. The van der Waals surface area contributed by atoms with Gasteiger partial charge in [0.2, 0.25) is 0 Å². The van der Waals surface area contributed by atoms with E-state index >= 15 is 0 Å². The number of nitrogens with zero attached hydrogens (tertiary/aromatic N) is 1. The van der Waals surface area contributed by atoms with Crippen molar-refractivity contribution in [3.8, 4) is 0 Å². The van der Waals surface area contributed by atoms with E-state index in [-0.39, 0.29) is 5.91 Å². The maximum Gasteiger partial charge on any atom is 0.251 e. The van der Waals surface area contributed by atoms with Gasteiger partial charge in [-0.25, -0.2) is 0 Å². The van der Waals surface area contributed by atoms with E-state index in [9.17, 15) is 4.79 Å². The lowest BCUT2D eigenvalue weighted by Crippen LogP contribution is -2.32. The Morgan fingerprint density at radius 2 is 2.24 bits per heavy atom. The summed E-state index contributed by atoms with van der Waals surface area (Å²) in [5, 5.41) is 6.42. The number of hydrogen-bond acceptors (Lipinski definition) is 3. The third kappa shape index (κ3) is 4.21. The Morgan fingerprint density at radius 1 is 1.43 bits per heavy atom. The summed E-state index contributed by atoms with van der Waals surface area (Å²) in [5.41, 5.74) is 3.12. The molecule has 4 heteroatoms. The molecule has 0 aliphatic carbocycles. The molecule has 0 fully saturated rings. The van der Waals surface area contributed by atoms with Crippen molar-refractivity contribution >= 4 is 11.6 Å². The van der Waals surface area contributed by atoms with Crippen LogP contribution in [0.25, 0.3) is 0 Å². The molecule has 0 saturated carbocycles. The lowest BCUT2D eigenvalue weighted by atomic mass is 9.97. The van der Waals surface area contributed by atoms with Crippen LogP contribution in [0.5, 0.6) is 0 Å². The Balaban J connectivity index is 1.87. The molecule has 1 aliphatic heterocycles. The highest BCUT2D eigenvalue weighted by atomic mass is 16.1. The SMILES string of the molecule is CC(C)N(C)CCCNC(=O)c1cccc2c1CCCN2. The van der Waals surface area contributed by atoms with Crippen LogP contribution in [0.3, 0.4) is 0 Å². The summed E-state index contributed by atoms with van der Waals surface area (Å²) in [7, 11) is 2.12. The van der Waals surface area contributed by atoms with Crippen LogP contribution in [-0.4, -0.2) is 43.5 Å². The molecular formula is C17H27N3O. The number of benzene rings is 1. The number of nitrogens with one attached hydrogen (secondary N) is 2. The van der Waals surface area contributed by atoms with Gasteiger partial charge in [0, 0.05) is 30.4 Å². The molecule has 0 unspecified atom stereocenters. The molecule has 1 amide bonds. The minimum atomic E-state index is 0.0581. The molecule has 0 aromatic heterocycles. The highest BCUT2D eigenvalue weighted by Crippen LogP contribution is 2.25. The van der Waals surface area contributed by atoms with Crippen LogP contribution in [0.4, 0.5) is 5.69 Å². The Bertz CT molecular complexity index is 485. The molecule has 1 aliphatic rings. The number of hydrogen-bond donors (Lipinski definition) is 2. The van der Waals surface area contributed by atoms with Crippen molar-refractivity contribution in [2.45, 2.75) is 39.2 Å². The third-order valence-electron chi connectivity index (χ3n) is 4.19. The van der Waals surface area contributed by atoms with Crippen LogP contribution in [0.1, 0.15) is 42.6 Å². The maximum atomic E-state index is 12.3. The monoisotopic (exact) mass is 289 g/mol. The zero-order chi connectivity index (χ0) is 15.2. The fourth-order valence-electron chi connectivity index (χ4n) is 2.61. The lowest BCUT2D eigenvalue weighted by Gasteiger charge is -2.22. The van der Waals surface area contributed by atoms with Gasteiger partial charge in [0.1, 0.15) is 0 Å². The van der Waals surface area contributed by atoms with Gasteiger partial charge in [-0.3, -0.25) is 4.79 Å². The van der Waals surface area contributed by atoms with Gasteiger partial charge >= 0.3 is 0 Å². The average Bonchev–Trinajstić information content (AvgIpc) is 2.50. The van der Waals surface area contributed by atoms with Gasteiger partial charge in [-0.2, -0.15) is 0 Å². The van der Waals surface area contributed by atoms with Gasteiger partial charge in [-0.05, 0) is 64.4 Å². The van der Waals surface area contributed by atoms with Crippen molar-refractivity contribution in [1.29, 1.82) is 0 Å². The summed E-state index contributed by atoms with van der Waals surface area (Å²) < 4.78 is 0. The first kappa shape index (κ1) is 15.8. The van der Waals surface area contributed by atoms with Crippen LogP contribution in [0, 0.1) is 0 Å². The molecule has 2 N–H and O–H groups in total. The molecule has 0 saturated heterocycles. The fourth-order valence-corrected chi connectivity index (χ4v) is 2.61. The van der Waals surface area contributed by atoms with Crippen molar-refractivity contribution < 1.29 is 4.79 Å². The largest absolute Gasteiger partial charge is 0.385 e. The first-order valence-corrected chi connectivity index (χ1v) is 7.94. The summed E-state index contributed by atoms with van der Waals surface area (Å²) >= 11 is 0. The lowest BCUT2D eigenvalue weighted by molar-refractivity contribution is 0.0950. The number of rotatable bonds is 6. The summed E-state index contributed by atoms with van der Waals surface area (Å²) in [6.07, 6.45) is 3.06. The summed E-state index contributed by atoms with van der Waals surface area (Å²) in [4.78, 5) is 14.6. The normalized spacial score (nSPS) is 14.0. The second kappa shape index (κ2) is 7.46. The average molecular weight is 289 g/mol. The Labute approximate surface area is 127 Å². The number of anilines is 1. The van der Waals surface area contributed by atoms with Crippen LogP contribution in [0.15, 0.2) is 18.2 Å². The number of carbonyl (C=O) groups excluding carboxylic acids is 1. The summed E-state index contributed by atoms with van der Waals surface area (Å²) in [5.74, 6) is 0.0581. The van der Waals surface area contributed by atoms with E-state index in [0.29, 0.717) is 6.04 Å². The van der Waals surface area contributed by atoms with Crippen molar-refractivity contribution in [2.24, 2.45) is 0 Å². The molecule has 4 nitrogen and oxygen atoms in total. The van der Waals surface area contributed by atoms with E-state index in [0.717, 1.165) is 50.1 Å². The Kier molecular flexibility index (Phi) is 5.62. The Morgan fingerprint density at radius 3 is 3.00 bits per heavy atom. The molecule has 0 bridgehead atoms. The molecule has 0 radical (unpaired) electrons. The molecule has 1 aromatic rings. The highest BCUT2D eigenvalue weighted by molar-refractivity contribution is 5.97. The standard InChI is InChI=1S/C17H27N3O/c1-13(2)20(3)12-6-11-19-17(21)15-7-4-9-16-14(15)8-5-10-18-16/h4,7,9,13,18H,5-6,8,10-12H2,1-3H3,(H,19,21). The molecule has 2 rings (SSSR count). The minimum Gasteiger partial charge on any atom is -0.385 e. The van der Waals surface area contributed by atoms with Crippen molar-refractivity contribution in [2.75, 3.05) is 32.0 Å². The van der Waals surface area contributed by atoms with Crippen LogP contribution in [0.2, 0.25) is 0 Å². The zero-order valence-electron chi connectivity index (χ0n) is 13.4. The smallest absolute Gasteiger partial charge is 0.251 e. The highest BCUT2D eigenvalue weighted by Gasteiger charge is 2.16.